The Labute approximate surface area is 176 Å². The molecular formula is C21H18ClFN4O3. The molecule has 0 radical (unpaired) electrons. The van der Waals surface area contributed by atoms with Gasteiger partial charge in [-0.25, -0.2) is 9.07 Å². The fourth-order valence-electron chi connectivity index (χ4n) is 3.36. The second kappa shape index (κ2) is 7.79. The van der Waals surface area contributed by atoms with Gasteiger partial charge in [-0.15, -0.1) is 0 Å². The van der Waals surface area contributed by atoms with Crippen LogP contribution in [0, 0.1) is 12.7 Å². The van der Waals surface area contributed by atoms with E-state index in [0.717, 1.165) is 0 Å². The zero-order valence-electron chi connectivity index (χ0n) is 16.2. The van der Waals surface area contributed by atoms with E-state index in [1.54, 1.807) is 30.8 Å². The number of rotatable bonds is 4. The molecule has 30 heavy (non-hydrogen) atoms. The van der Waals surface area contributed by atoms with Crippen LogP contribution < -0.4 is 10.9 Å². The van der Waals surface area contributed by atoms with Gasteiger partial charge in [0.1, 0.15) is 11.5 Å². The van der Waals surface area contributed by atoms with Crippen molar-refractivity contribution in [1.82, 2.24) is 9.36 Å². The molecule has 7 nitrogen and oxygen atoms in total. The predicted molar refractivity (Wildman–Crippen MR) is 112 cm³/mol. The molecule has 0 fully saturated rings. The minimum absolute atomic E-state index is 0.0330. The van der Waals surface area contributed by atoms with Crippen molar-refractivity contribution >= 4 is 28.9 Å². The van der Waals surface area contributed by atoms with Crippen molar-refractivity contribution in [3.05, 3.63) is 81.0 Å². The first-order valence-corrected chi connectivity index (χ1v) is 9.58. The summed E-state index contributed by atoms with van der Waals surface area (Å²) < 4.78 is 17.2. The Bertz CT molecular complexity index is 1200. The summed E-state index contributed by atoms with van der Waals surface area (Å²) in [7, 11) is 1.73. The van der Waals surface area contributed by atoms with Gasteiger partial charge in [-0.3, -0.25) is 14.3 Å². The zero-order valence-corrected chi connectivity index (χ0v) is 17.0. The predicted octanol–water partition coefficient (Wildman–Crippen LogP) is 3.41. The Hall–Kier alpha value is -3.39. The highest BCUT2D eigenvalue weighted by molar-refractivity contribution is 6.34. The third-order valence-electron chi connectivity index (χ3n) is 5.02. The average Bonchev–Trinajstić information content (AvgIpc) is 3.28. The van der Waals surface area contributed by atoms with Crippen LogP contribution in [0.15, 0.2) is 58.5 Å². The zero-order chi connectivity index (χ0) is 21.4. The molecule has 1 aromatic heterocycles. The van der Waals surface area contributed by atoms with Crippen LogP contribution >= 0.6 is 11.6 Å². The second-order valence-electron chi connectivity index (χ2n) is 6.86. The van der Waals surface area contributed by atoms with Crippen LogP contribution in [0.1, 0.15) is 17.7 Å². The molecule has 0 spiro atoms. The molecule has 0 saturated carbocycles. The Balaban J connectivity index is 1.56. The molecule has 3 aromatic rings. The minimum Gasteiger partial charge on any atom is -0.382 e. The number of oxime groups is 1. The average molecular weight is 429 g/mol. The van der Waals surface area contributed by atoms with Gasteiger partial charge in [-0.05, 0) is 31.2 Å². The minimum atomic E-state index is -1.00. The van der Waals surface area contributed by atoms with E-state index in [-0.39, 0.29) is 34.0 Å². The first-order chi connectivity index (χ1) is 14.4. The summed E-state index contributed by atoms with van der Waals surface area (Å²) in [5.74, 6) is -1.09. The number of nitrogens with zero attached hydrogens (tertiary/aromatic N) is 3. The lowest BCUT2D eigenvalue weighted by Crippen LogP contribution is -2.31. The second-order valence-corrected chi connectivity index (χ2v) is 7.27. The van der Waals surface area contributed by atoms with Crippen LogP contribution in [0.4, 0.5) is 10.1 Å². The Morgan fingerprint density at radius 1 is 1.23 bits per heavy atom. The van der Waals surface area contributed by atoms with Crippen molar-refractivity contribution in [2.24, 2.45) is 12.2 Å². The summed E-state index contributed by atoms with van der Waals surface area (Å²) in [4.78, 5) is 30.9. The first kappa shape index (κ1) is 19.9. The van der Waals surface area contributed by atoms with E-state index in [1.807, 2.05) is 18.2 Å². The van der Waals surface area contributed by atoms with Crippen LogP contribution in [0.25, 0.3) is 5.69 Å². The molecule has 0 unspecified atom stereocenters. The van der Waals surface area contributed by atoms with Crippen molar-refractivity contribution in [2.75, 3.05) is 5.32 Å². The van der Waals surface area contributed by atoms with Crippen LogP contribution in [0.5, 0.6) is 0 Å². The number of carbonyl (C=O) groups is 1. The molecule has 9 heteroatoms. The van der Waals surface area contributed by atoms with Crippen molar-refractivity contribution in [2.45, 2.75) is 19.4 Å². The summed E-state index contributed by atoms with van der Waals surface area (Å²) in [5, 5.41) is 6.65. The van der Waals surface area contributed by atoms with Gasteiger partial charge >= 0.3 is 0 Å². The molecule has 1 N–H and O–H groups in total. The Morgan fingerprint density at radius 2 is 1.97 bits per heavy atom. The summed E-state index contributed by atoms with van der Waals surface area (Å²) in [5.41, 5.74) is 1.37. The molecule has 1 aliphatic heterocycles. The summed E-state index contributed by atoms with van der Waals surface area (Å²) in [6, 6.07) is 13.4. The Kier molecular flexibility index (Phi) is 5.17. The van der Waals surface area contributed by atoms with Gasteiger partial charge in [0.05, 0.1) is 27.7 Å². The SMILES string of the molecule is Cc1c(NC(=O)[C@@H]2CC(c3c(F)cccc3Cl)=NO2)c(=O)n(-c2ccccc2)n1C. The van der Waals surface area contributed by atoms with Crippen LogP contribution in [0.3, 0.4) is 0 Å². The van der Waals surface area contributed by atoms with Gasteiger partial charge < -0.3 is 10.2 Å². The van der Waals surface area contributed by atoms with Crippen molar-refractivity contribution in [1.29, 1.82) is 0 Å². The van der Waals surface area contributed by atoms with E-state index in [1.165, 1.54) is 22.9 Å². The molecule has 0 aliphatic carbocycles. The number of carbonyl (C=O) groups excluding carboxylic acids is 1. The molecule has 154 valence electrons. The lowest BCUT2D eigenvalue weighted by atomic mass is 10.0. The quantitative estimate of drug-likeness (QED) is 0.691. The van der Waals surface area contributed by atoms with E-state index in [0.29, 0.717) is 11.4 Å². The largest absolute Gasteiger partial charge is 0.382 e. The maximum Gasteiger partial charge on any atom is 0.295 e. The smallest absolute Gasteiger partial charge is 0.295 e. The molecule has 4 rings (SSSR count). The number of para-hydroxylation sites is 1. The molecule has 2 heterocycles. The van der Waals surface area contributed by atoms with E-state index >= 15 is 0 Å². The van der Waals surface area contributed by atoms with E-state index < -0.39 is 17.8 Å². The topological polar surface area (TPSA) is 77.6 Å². The van der Waals surface area contributed by atoms with Crippen molar-refractivity contribution in [3.63, 3.8) is 0 Å². The monoisotopic (exact) mass is 428 g/mol. The molecular weight excluding hydrogens is 411 g/mol. The van der Waals surface area contributed by atoms with E-state index in [4.69, 9.17) is 16.4 Å². The standard InChI is InChI=1S/C21H18ClFN4O3/c1-12-19(21(29)27(26(12)2)13-7-4-3-5-8-13)24-20(28)17-11-16(25-30-17)18-14(22)9-6-10-15(18)23/h3-10,17H,11H2,1-2H3,(H,24,28)/t17-/m0/s1. The fraction of sp³-hybridized carbons (Fsp3) is 0.190. The van der Waals surface area contributed by atoms with Gasteiger partial charge in [0.2, 0.25) is 6.10 Å². The lowest BCUT2D eigenvalue weighted by molar-refractivity contribution is -0.125. The number of benzene rings is 2. The molecule has 1 amide bonds. The number of halogens is 2. The van der Waals surface area contributed by atoms with Gasteiger partial charge in [-0.1, -0.05) is 41.0 Å². The van der Waals surface area contributed by atoms with Crippen LogP contribution in [-0.4, -0.2) is 27.1 Å². The van der Waals surface area contributed by atoms with Gasteiger partial charge in [0.25, 0.3) is 11.5 Å². The third kappa shape index (κ3) is 3.39. The Morgan fingerprint density at radius 3 is 2.67 bits per heavy atom. The van der Waals surface area contributed by atoms with Crippen molar-refractivity contribution < 1.29 is 14.0 Å². The number of hydrogen-bond acceptors (Lipinski definition) is 4. The number of aromatic nitrogens is 2. The number of amides is 1. The first-order valence-electron chi connectivity index (χ1n) is 9.20. The molecule has 2 aromatic carbocycles. The highest BCUT2D eigenvalue weighted by Crippen LogP contribution is 2.26. The van der Waals surface area contributed by atoms with E-state index in [9.17, 15) is 14.0 Å². The number of nitrogens with one attached hydrogen (secondary N) is 1. The van der Waals surface area contributed by atoms with Crippen LogP contribution in [-0.2, 0) is 16.7 Å². The van der Waals surface area contributed by atoms with E-state index in [2.05, 4.69) is 10.5 Å². The number of hydrogen-bond donors (Lipinski definition) is 1. The van der Waals surface area contributed by atoms with Gasteiger partial charge in [0, 0.05) is 13.5 Å². The third-order valence-corrected chi connectivity index (χ3v) is 5.33. The molecule has 1 aliphatic rings. The number of anilines is 1. The fourth-order valence-corrected chi connectivity index (χ4v) is 3.63. The normalized spacial score (nSPS) is 15.6. The highest BCUT2D eigenvalue weighted by Gasteiger charge is 2.32. The van der Waals surface area contributed by atoms with Gasteiger partial charge in [0.15, 0.2) is 0 Å². The molecule has 1 atom stereocenters. The summed E-state index contributed by atoms with van der Waals surface area (Å²) >= 11 is 6.06. The van der Waals surface area contributed by atoms with Crippen LogP contribution in [0.2, 0.25) is 5.02 Å². The highest BCUT2D eigenvalue weighted by atomic mass is 35.5. The van der Waals surface area contributed by atoms with Crippen molar-refractivity contribution in [3.8, 4) is 5.69 Å². The maximum atomic E-state index is 14.1. The summed E-state index contributed by atoms with van der Waals surface area (Å²) in [6.45, 7) is 1.73. The summed E-state index contributed by atoms with van der Waals surface area (Å²) in [6.07, 6.45) is -0.967. The maximum absolute atomic E-state index is 14.1. The van der Waals surface area contributed by atoms with Gasteiger partial charge in [-0.2, -0.15) is 0 Å². The molecule has 0 saturated heterocycles. The lowest BCUT2D eigenvalue weighted by Gasteiger charge is -2.09. The molecule has 0 bridgehead atoms.